The van der Waals surface area contributed by atoms with E-state index in [0.29, 0.717) is 22.2 Å². The van der Waals surface area contributed by atoms with E-state index in [1.54, 1.807) is 6.07 Å². The molecule has 0 radical (unpaired) electrons. The molecule has 0 spiro atoms. The lowest BCUT2D eigenvalue weighted by molar-refractivity contribution is 0.0594. The molecule has 5 nitrogen and oxygen atoms in total. The first-order chi connectivity index (χ1) is 9.51. The molecule has 0 aliphatic carbocycles. The van der Waals surface area contributed by atoms with Crippen molar-refractivity contribution in [3.8, 4) is 0 Å². The second-order valence-electron chi connectivity index (χ2n) is 3.88. The molecule has 104 valence electrons. The molecule has 1 aromatic carbocycles. The van der Waals surface area contributed by atoms with Crippen molar-refractivity contribution in [3.63, 3.8) is 0 Å². The van der Waals surface area contributed by atoms with E-state index >= 15 is 0 Å². The fraction of sp³-hybridized carbons (Fsp3) is 0.0769. The average Bonchev–Trinajstić information content (AvgIpc) is 2.43. The lowest BCUT2D eigenvalue weighted by Crippen LogP contribution is -2.08. The highest BCUT2D eigenvalue weighted by atomic mass is 127. The molecule has 0 unspecified atom stereocenters. The summed E-state index contributed by atoms with van der Waals surface area (Å²) in [4.78, 5) is 15.6. The minimum Gasteiger partial charge on any atom is -0.464 e. The van der Waals surface area contributed by atoms with Crippen LogP contribution in [0, 0.1) is 3.57 Å². The quantitative estimate of drug-likeness (QED) is 0.606. The van der Waals surface area contributed by atoms with E-state index < -0.39 is 5.97 Å². The first-order valence-electron chi connectivity index (χ1n) is 5.58. The maximum absolute atomic E-state index is 11.5. The Morgan fingerprint density at radius 3 is 2.80 bits per heavy atom. The monoisotopic (exact) mass is 403 g/mol. The number of methoxy groups -OCH3 is 1. The first-order valence-corrected chi connectivity index (χ1v) is 7.04. The number of hydrogen-bond donors (Lipinski definition) is 2. The third-order valence-electron chi connectivity index (χ3n) is 2.51. The summed E-state index contributed by atoms with van der Waals surface area (Å²) >= 11 is 8.30. The van der Waals surface area contributed by atoms with Crippen molar-refractivity contribution < 1.29 is 9.53 Å². The largest absolute Gasteiger partial charge is 0.464 e. The zero-order chi connectivity index (χ0) is 14.7. The number of pyridine rings is 1. The number of anilines is 3. The second-order valence-corrected chi connectivity index (χ2v) is 5.53. The van der Waals surface area contributed by atoms with Gasteiger partial charge in [0.1, 0.15) is 0 Å². The van der Waals surface area contributed by atoms with Gasteiger partial charge in [-0.2, -0.15) is 0 Å². The average molecular weight is 404 g/mol. The molecule has 3 N–H and O–H groups in total. The molecular weight excluding hydrogens is 393 g/mol. The summed E-state index contributed by atoms with van der Waals surface area (Å²) < 4.78 is 5.64. The van der Waals surface area contributed by atoms with Gasteiger partial charge in [0.15, 0.2) is 11.5 Å². The summed E-state index contributed by atoms with van der Waals surface area (Å²) in [7, 11) is 1.30. The molecular formula is C13H11ClIN3O2. The van der Waals surface area contributed by atoms with Crippen molar-refractivity contribution >= 4 is 57.4 Å². The number of ether oxygens (including phenoxy) is 1. The van der Waals surface area contributed by atoms with E-state index in [9.17, 15) is 4.79 Å². The number of nitrogen functional groups attached to an aromatic ring is 1. The fourth-order valence-electron chi connectivity index (χ4n) is 1.51. The van der Waals surface area contributed by atoms with E-state index in [1.165, 1.54) is 13.2 Å². The van der Waals surface area contributed by atoms with E-state index in [1.807, 2.05) is 18.2 Å². The molecule has 0 bridgehead atoms. The van der Waals surface area contributed by atoms with Crippen LogP contribution in [-0.2, 0) is 4.74 Å². The maximum atomic E-state index is 11.5. The fourth-order valence-corrected chi connectivity index (χ4v) is 2.41. The minimum atomic E-state index is -0.526. The third kappa shape index (κ3) is 3.31. The molecule has 0 aliphatic heterocycles. The van der Waals surface area contributed by atoms with E-state index in [2.05, 4.69) is 37.6 Å². The lowest BCUT2D eigenvalue weighted by atomic mass is 10.3. The molecule has 0 saturated heterocycles. The lowest BCUT2D eigenvalue weighted by Gasteiger charge is -2.11. The number of halogens is 2. The predicted molar refractivity (Wildman–Crippen MR) is 87.4 cm³/mol. The van der Waals surface area contributed by atoms with Crippen LogP contribution in [0.15, 0.2) is 30.3 Å². The van der Waals surface area contributed by atoms with Crippen molar-refractivity contribution in [1.29, 1.82) is 0 Å². The molecule has 2 rings (SSSR count). The van der Waals surface area contributed by atoms with Crippen LogP contribution in [0.4, 0.5) is 17.2 Å². The molecule has 0 amide bonds. The van der Waals surface area contributed by atoms with Gasteiger partial charge >= 0.3 is 5.97 Å². The normalized spacial score (nSPS) is 10.2. The number of aromatic nitrogens is 1. The van der Waals surface area contributed by atoms with Gasteiger partial charge in [-0.25, -0.2) is 9.78 Å². The summed E-state index contributed by atoms with van der Waals surface area (Å²) in [5.41, 5.74) is 7.08. The Labute approximate surface area is 134 Å². The van der Waals surface area contributed by atoms with Crippen LogP contribution in [-0.4, -0.2) is 18.1 Å². The Hall–Kier alpha value is -1.54. The van der Waals surface area contributed by atoms with Gasteiger partial charge in [0.05, 0.1) is 23.5 Å². The van der Waals surface area contributed by atoms with E-state index in [-0.39, 0.29) is 5.69 Å². The number of carbonyl (C=O) groups excluding carboxylic acids is 1. The van der Waals surface area contributed by atoms with Crippen LogP contribution in [0.5, 0.6) is 0 Å². The van der Waals surface area contributed by atoms with Gasteiger partial charge in [-0.05, 0) is 52.9 Å². The van der Waals surface area contributed by atoms with Gasteiger partial charge in [0.2, 0.25) is 0 Å². The zero-order valence-corrected chi connectivity index (χ0v) is 13.4. The highest BCUT2D eigenvalue weighted by Crippen LogP contribution is 2.28. The molecule has 20 heavy (non-hydrogen) atoms. The Morgan fingerprint density at radius 1 is 1.40 bits per heavy atom. The molecule has 0 fully saturated rings. The Balaban J connectivity index is 2.35. The molecule has 1 aromatic heterocycles. The molecule has 2 aromatic rings. The Bertz CT molecular complexity index is 664. The zero-order valence-electron chi connectivity index (χ0n) is 10.5. The van der Waals surface area contributed by atoms with Gasteiger partial charge in [0.25, 0.3) is 0 Å². The van der Waals surface area contributed by atoms with E-state index in [0.717, 1.165) is 3.57 Å². The van der Waals surface area contributed by atoms with E-state index in [4.69, 9.17) is 17.3 Å². The summed E-state index contributed by atoms with van der Waals surface area (Å²) in [6.45, 7) is 0. The minimum absolute atomic E-state index is 0.172. The summed E-state index contributed by atoms with van der Waals surface area (Å²) in [6.07, 6.45) is 0. The number of nitrogens with one attached hydrogen (secondary N) is 1. The number of carbonyl (C=O) groups is 1. The highest BCUT2D eigenvalue weighted by Gasteiger charge is 2.11. The number of nitrogens with two attached hydrogens (primary N) is 1. The van der Waals surface area contributed by atoms with Crippen LogP contribution in [0.3, 0.4) is 0 Å². The van der Waals surface area contributed by atoms with Crippen molar-refractivity contribution in [3.05, 3.63) is 44.6 Å². The predicted octanol–water partition coefficient (Wildman–Crippen LogP) is 3.45. The van der Waals surface area contributed by atoms with Crippen molar-refractivity contribution in [1.82, 2.24) is 4.98 Å². The topological polar surface area (TPSA) is 77.2 Å². The summed E-state index contributed by atoms with van der Waals surface area (Å²) in [5.74, 6) is -0.169. The third-order valence-corrected chi connectivity index (χ3v) is 3.49. The number of nitrogens with zero attached hydrogens (tertiary/aromatic N) is 1. The van der Waals surface area contributed by atoms with Crippen LogP contribution in [0.25, 0.3) is 0 Å². The van der Waals surface area contributed by atoms with Gasteiger partial charge < -0.3 is 15.8 Å². The standard InChI is InChI=1S/C13H11ClIN3O2/c1-20-13(19)11-5-3-9(16)12(18-11)17-10-4-2-7(15)6-8(10)14/h2-6H,16H2,1H3,(H,17,18). The van der Waals surface area contributed by atoms with Crippen molar-refractivity contribution in [2.24, 2.45) is 0 Å². The van der Waals surface area contributed by atoms with Gasteiger partial charge in [-0.3, -0.25) is 0 Å². The Kier molecular flexibility index (Phi) is 4.66. The van der Waals surface area contributed by atoms with Crippen LogP contribution >= 0.6 is 34.2 Å². The molecule has 7 heteroatoms. The number of rotatable bonds is 3. The second kappa shape index (κ2) is 6.27. The smallest absolute Gasteiger partial charge is 0.356 e. The van der Waals surface area contributed by atoms with Crippen molar-refractivity contribution in [2.45, 2.75) is 0 Å². The highest BCUT2D eigenvalue weighted by molar-refractivity contribution is 14.1. The molecule has 0 aliphatic rings. The maximum Gasteiger partial charge on any atom is 0.356 e. The summed E-state index contributed by atoms with van der Waals surface area (Å²) in [5, 5.41) is 3.55. The number of esters is 1. The Morgan fingerprint density at radius 2 is 2.15 bits per heavy atom. The molecule has 0 atom stereocenters. The van der Waals surface area contributed by atoms with Crippen LogP contribution in [0.2, 0.25) is 5.02 Å². The van der Waals surface area contributed by atoms with Gasteiger partial charge in [-0.15, -0.1) is 0 Å². The van der Waals surface area contributed by atoms with Gasteiger partial charge in [0, 0.05) is 3.57 Å². The molecule has 1 heterocycles. The first kappa shape index (κ1) is 14.9. The molecule has 0 saturated carbocycles. The summed E-state index contributed by atoms with van der Waals surface area (Å²) in [6, 6.07) is 8.61. The van der Waals surface area contributed by atoms with Crippen molar-refractivity contribution in [2.75, 3.05) is 18.2 Å². The van der Waals surface area contributed by atoms with Crippen LogP contribution < -0.4 is 11.1 Å². The number of hydrogen-bond acceptors (Lipinski definition) is 5. The van der Waals surface area contributed by atoms with Crippen LogP contribution in [0.1, 0.15) is 10.5 Å². The number of benzene rings is 1. The SMILES string of the molecule is COC(=O)c1ccc(N)c(Nc2ccc(I)cc2Cl)n1. The van der Waals surface area contributed by atoms with Gasteiger partial charge in [-0.1, -0.05) is 11.6 Å².